The van der Waals surface area contributed by atoms with E-state index in [1.165, 1.54) is 11.1 Å². The first-order valence-electron chi connectivity index (χ1n) is 8.13. The van der Waals surface area contributed by atoms with E-state index in [4.69, 9.17) is 0 Å². The fourth-order valence-corrected chi connectivity index (χ4v) is 3.47. The first-order valence-corrected chi connectivity index (χ1v) is 8.13. The Morgan fingerprint density at radius 1 is 1.33 bits per heavy atom. The van der Waals surface area contributed by atoms with Gasteiger partial charge in [-0.25, -0.2) is 0 Å². The van der Waals surface area contributed by atoms with E-state index in [-0.39, 0.29) is 17.2 Å². The molecule has 1 aliphatic carbocycles. The molecule has 0 radical (unpaired) electrons. The minimum Gasteiger partial charge on any atom is -0.355 e. The summed E-state index contributed by atoms with van der Waals surface area (Å²) in [4.78, 5) is 12.4. The molecule has 3 heteroatoms. The molecule has 1 amide bonds. The van der Waals surface area contributed by atoms with Crippen molar-refractivity contribution in [2.24, 2.45) is 11.3 Å². The summed E-state index contributed by atoms with van der Waals surface area (Å²) < 4.78 is 0. The van der Waals surface area contributed by atoms with Crippen molar-refractivity contribution in [3.05, 3.63) is 35.4 Å². The molecule has 2 atom stereocenters. The van der Waals surface area contributed by atoms with Crippen molar-refractivity contribution in [1.29, 1.82) is 0 Å². The number of carbonyl (C=O) groups is 1. The molecule has 3 nitrogen and oxygen atoms in total. The molecular weight excluding hydrogens is 260 g/mol. The second-order valence-corrected chi connectivity index (χ2v) is 7.08. The molecule has 1 saturated carbocycles. The van der Waals surface area contributed by atoms with Crippen LogP contribution < -0.4 is 10.6 Å². The average Bonchev–Trinajstić information content (AvgIpc) is 3.27. The number of carbonyl (C=O) groups excluding carboxylic acids is 1. The summed E-state index contributed by atoms with van der Waals surface area (Å²) >= 11 is 0. The van der Waals surface area contributed by atoms with Gasteiger partial charge in [0.25, 0.3) is 0 Å². The molecule has 1 aliphatic heterocycles. The van der Waals surface area contributed by atoms with Crippen molar-refractivity contribution in [2.75, 3.05) is 19.6 Å². The summed E-state index contributed by atoms with van der Waals surface area (Å²) in [6, 6.07) is 8.44. The van der Waals surface area contributed by atoms with Crippen LogP contribution in [0.4, 0.5) is 0 Å². The Hall–Kier alpha value is -1.35. The van der Waals surface area contributed by atoms with E-state index in [2.05, 4.69) is 48.7 Å². The molecule has 1 heterocycles. The van der Waals surface area contributed by atoms with Crippen LogP contribution in [-0.4, -0.2) is 25.5 Å². The summed E-state index contributed by atoms with van der Waals surface area (Å²) in [5.74, 6) is 0.881. The van der Waals surface area contributed by atoms with E-state index in [1.807, 2.05) is 0 Å². The Morgan fingerprint density at radius 3 is 2.76 bits per heavy atom. The lowest BCUT2D eigenvalue weighted by atomic mass is 9.81. The third-order valence-electron chi connectivity index (χ3n) is 5.22. The third-order valence-corrected chi connectivity index (χ3v) is 5.22. The first kappa shape index (κ1) is 14.6. The highest BCUT2D eigenvalue weighted by Crippen LogP contribution is 2.48. The van der Waals surface area contributed by atoms with Gasteiger partial charge < -0.3 is 10.6 Å². The van der Waals surface area contributed by atoms with Crippen molar-refractivity contribution in [2.45, 2.75) is 39.0 Å². The zero-order valence-corrected chi connectivity index (χ0v) is 13.1. The highest BCUT2D eigenvalue weighted by Gasteiger charge is 2.44. The van der Waals surface area contributed by atoms with Crippen molar-refractivity contribution >= 4 is 5.91 Å². The van der Waals surface area contributed by atoms with Gasteiger partial charge in [-0.15, -0.1) is 0 Å². The molecule has 0 aromatic heterocycles. The summed E-state index contributed by atoms with van der Waals surface area (Å²) in [7, 11) is 0. The van der Waals surface area contributed by atoms with Crippen LogP contribution in [-0.2, 0) is 4.79 Å². The number of hydrogen-bond donors (Lipinski definition) is 2. The Labute approximate surface area is 127 Å². The predicted octanol–water partition coefficient (Wildman–Crippen LogP) is 2.60. The van der Waals surface area contributed by atoms with E-state index >= 15 is 0 Å². The predicted molar refractivity (Wildman–Crippen MR) is 85.2 cm³/mol. The molecule has 1 aromatic carbocycles. The SMILES string of the molecule is Cc1ccccc1C1CC1C(=O)NCC1(C)CCNCC1. The van der Waals surface area contributed by atoms with Crippen molar-refractivity contribution in [3.63, 3.8) is 0 Å². The first-order chi connectivity index (χ1) is 10.1. The summed E-state index contributed by atoms with van der Waals surface area (Å²) in [6.07, 6.45) is 3.31. The van der Waals surface area contributed by atoms with E-state index in [9.17, 15) is 4.79 Å². The highest BCUT2D eigenvalue weighted by atomic mass is 16.2. The van der Waals surface area contributed by atoms with Crippen molar-refractivity contribution in [3.8, 4) is 0 Å². The normalized spacial score (nSPS) is 27.1. The second-order valence-electron chi connectivity index (χ2n) is 7.08. The number of aryl methyl sites for hydroxylation is 1. The van der Waals surface area contributed by atoms with Crippen molar-refractivity contribution in [1.82, 2.24) is 10.6 Å². The standard InChI is InChI=1S/C18H26N2O/c1-13-5-3-4-6-14(13)15-11-16(15)17(21)20-12-18(2)7-9-19-10-8-18/h3-6,15-16,19H,7-12H2,1-2H3,(H,20,21). The molecule has 1 saturated heterocycles. The quantitative estimate of drug-likeness (QED) is 0.893. The summed E-state index contributed by atoms with van der Waals surface area (Å²) in [6.45, 7) is 7.40. The summed E-state index contributed by atoms with van der Waals surface area (Å²) in [5, 5.41) is 6.59. The highest BCUT2D eigenvalue weighted by molar-refractivity contribution is 5.83. The molecule has 114 valence electrons. The van der Waals surface area contributed by atoms with E-state index < -0.39 is 0 Å². The van der Waals surface area contributed by atoms with Gasteiger partial charge in [0.15, 0.2) is 0 Å². The Balaban J connectivity index is 1.53. The van der Waals surface area contributed by atoms with Crippen LogP contribution in [0.1, 0.15) is 43.2 Å². The maximum Gasteiger partial charge on any atom is 0.223 e. The van der Waals surface area contributed by atoms with Crippen LogP contribution in [0, 0.1) is 18.3 Å². The van der Waals surface area contributed by atoms with Gasteiger partial charge in [-0.3, -0.25) is 4.79 Å². The van der Waals surface area contributed by atoms with Gasteiger partial charge in [0.2, 0.25) is 5.91 Å². The Kier molecular flexibility index (Phi) is 4.03. The van der Waals surface area contributed by atoms with Gasteiger partial charge in [0.05, 0.1) is 0 Å². The van der Waals surface area contributed by atoms with Gasteiger partial charge in [0.1, 0.15) is 0 Å². The molecule has 2 fully saturated rings. The van der Waals surface area contributed by atoms with Gasteiger partial charge in [-0.2, -0.15) is 0 Å². The van der Waals surface area contributed by atoms with Gasteiger partial charge >= 0.3 is 0 Å². The van der Waals surface area contributed by atoms with Gasteiger partial charge in [-0.1, -0.05) is 31.2 Å². The fraction of sp³-hybridized carbons (Fsp3) is 0.611. The van der Waals surface area contributed by atoms with Gasteiger partial charge in [0, 0.05) is 12.5 Å². The molecule has 3 rings (SSSR count). The van der Waals surface area contributed by atoms with E-state index in [0.29, 0.717) is 5.92 Å². The number of rotatable bonds is 4. The maximum absolute atomic E-state index is 12.4. The zero-order valence-electron chi connectivity index (χ0n) is 13.1. The molecule has 0 bridgehead atoms. The number of benzene rings is 1. The Bertz CT molecular complexity index is 520. The topological polar surface area (TPSA) is 41.1 Å². The maximum atomic E-state index is 12.4. The number of hydrogen-bond acceptors (Lipinski definition) is 2. The average molecular weight is 286 g/mol. The molecule has 21 heavy (non-hydrogen) atoms. The lowest BCUT2D eigenvalue weighted by molar-refractivity contribution is -0.123. The number of piperidine rings is 1. The van der Waals surface area contributed by atoms with Crippen LogP contribution in [0.25, 0.3) is 0 Å². The minimum atomic E-state index is 0.191. The largest absolute Gasteiger partial charge is 0.355 e. The smallest absolute Gasteiger partial charge is 0.223 e. The molecular formula is C18H26N2O. The van der Waals surface area contributed by atoms with Gasteiger partial charge in [-0.05, 0) is 61.7 Å². The van der Waals surface area contributed by atoms with Crippen LogP contribution in [0.2, 0.25) is 0 Å². The molecule has 2 unspecified atom stereocenters. The summed E-state index contributed by atoms with van der Waals surface area (Å²) in [5.41, 5.74) is 2.93. The van der Waals surface area contributed by atoms with Crippen LogP contribution >= 0.6 is 0 Å². The fourth-order valence-electron chi connectivity index (χ4n) is 3.47. The second kappa shape index (κ2) is 5.80. The monoisotopic (exact) mass is 286 g/mol. The molecule has 0 spiro atoms. The lowest BCUT2D eigenvalue weighted by Gasteiger charge is -2.34. The molecule has 2 N–H and O–H groups in total. The number of amides is 1. The third kappa shape index (κ3) is 3.29. The Morgan fingerprint density at radius 2 is 2.05 bits per heavy atom. The van der Waals surface area contributed by atoms with E-state index in [1.54, 1.807) is 0 Å². The zero-order chi connectivity index (χ0) is 14.9. The molecule has 1 aromatic rings. The van der Waals surface area contributed by atoms with Crippen LogP contribution in [0.15, 0.2) is 24.3 Å². The minimum absolute atomic E-state index is 0.191. The van der Waals surface area contributed by atoms with Crippen LogP contribution in [0.3, 0.4) is 0 Å². The van der Waals surface area contributed by atoms with Crippen molar-refractivity contribution < 1.29 is 4.79 Å². The van der Waals surface area contributed by atoms with Crippen LogP contribution in [0.5, 0.6) is 0 Å². The molecule has 2 aliphatic rings. The number of nitrogens with one attached hydrogen (secondary N) is 2. The van der Waals surface area contributed by atoms with E-state index in [0.717, 1.165) is 38.9 Å². The lowest BCUT2D eigenvalue weighted by Crippen LogP contribution is -2.43.